The summed E-state index contributed by atoms with van der Waals surface area (Å²) in [5, 5.41) is 22.7. The second-order valence-electron chi connectivity index (χ2n) is 8.65. The summed E-state index contributed by atoms with van der Waals surface area (Å²) < 4.78 is 1.88. The molecule has 0 radical (unpaired) electrons. The average Bonchev–Trinajstić information content (AvgIpc) is 2.83. The van der Waals surface area contributed by atoms with Crippen LogP contribution in [-0.2, 0) is 13.0 Å². The largest absolute Gasteiger partial charge is 0.387 e. The minimum absolute atomic E-state index is 0.174. The molecule has 0 aliphatic heterocycles. The van der Waals surface area contributed by atoms with E-state index in [-0.39, 0.29) is 11.0 Å². The molecule has 0 saturated carbocycles. The van der Waals surface area contributed by atoms with Crippen molar-refractivity contribution in [3.05, 3.63) is 11.9 Å². The van der Waals surface area contributed by atoms with Gasteiger partial charge in [-0.1, -0.05) is 32.9 Å². The Bertz CT molecular complexity index is 470. The molecule has 0 amide bonds. The highest BCUT2D eigenvalue weighted by atomic mass is 16.3. The summed E-state index contributed by atoms with van der Waals surface area (Å²) >= 11 is 0. The van der Waals surface area contributed by atoms with Crippen LogP contribution in [-0.4, -0.2) is 37.8 Å². The van der Waals surface area contributed by atoms with Crippen molar-refractivity contribution in [1.29, 1.82) is 0 Å². The van der Waals surface area contributed by atoms with Gasteiger partial charge in [-0.25, -0.2) is 4.68 Å². The van der Waals surface area contributed by atoms with Crippen LogP contribution in [0.5, 0.6) is 0 Å². The smallest absolute Gasteiger partial charge is 0.0888 e. The van der Waals surface area contributed by atoms with Crippen molar-refractivity contribution >= 4 is 0 Å². The van der Waals surface area contributed by atoms with E-state index in [1.165, 1.54) is 0 Å². The number of nitrogens with one attached hydrogen (secondary N) is 1. The van der Waals surface area contributed by atoms with Gasteiger partial charge in [0.25, 0.3) is 0 Å². The molecule has 1 heterocycles. The standard InChI is InChI=1S/C18H36N4O/c1-8-18(23,16(2,3)4)14-22-15(13-20-21-22)11-9-10-12-19-17(5,6)7/h13,19,23H,8-12,14H2,1-7H3. The lowest BCUT2D eigenvalue weighted by molar-refractivity contribution is -0.0770. The lowest BCUT2D eigenvalue weighted by atomic mass is 9.74. The van der Waals surface area contributed by atoms with Crippen LogP contribution < -0.4 is 5.32 Å². The number of aliphatic hydroxyl groups is 1. The van der Waals surface area contributed by atoms with Crippen molar-refractivity contribution < 1.29 is 5.11 Å². The number of aryl methyl sites for hydroxylation is 1. The minimum atomic E-state index is -0.775. The molecule has 1 unspecified atom stereocenters. The van der Waals surface area contributed by atoms with E-state index in [0.717, 1.165) is 31.5 Å². The first-order valence-electron chi connectivity index (χ1n) is 8.83. The van der Waals surface area contributed by atoms with Crippen LogP contribution in [0.25, 0.3) is 0 Å². The maximum atomic E-state index is 11.0. The third-order valence-electron chi connectivity index (χ3n) is 4.61. The van der Waals surface area contributed by atoms with E-state index in [4.69, 9.17) is 0 Å². The quantitative estimate of drug-likeness (QED) is 0.721. The Hall–Kier alpha value is -0.940. The van der Waals surface area contributed by atoms with Gasteiger partial charge < -0.3 is 10.4 Å². The van der Waals surface area contributed by atoms with Gasteiger partial charge in [-0.3, -0.25) is 0 Å². The molecule has 2 N–H and O–H groups in total. The molecule has 0 aliphatic carbocycles. The van der Waals surface area contributed by atoms with Gasteiger partial charge in [0.05, 0.1) is 24.0 Å². The molecule has 0 fully saturated rings. The molecule has 1 aromatic rings. The first kappa shape index (κ1) is 20.1. The van der Waals surface area contributed by atoms with Gasteiger partial charge in [0.15, 0.2) is 0 Å². The molecule has 23 heavy (non-hydrogen) atoms. The minimum Gasteiger partial charge on any atom is -0.387 e. The molecule has 0 aromatic carbocycles. The molecule has 5 nitrogen and oxygen atoms in total. The Kier molecular flexibility index (Phi) is 6.78. The summed E-state index contributed by atoms with van der Waals surface area (Å²) in [6.07, 6.45) is 5.69. The zero-order chi connectivity index (χ0) is 17.7. The van der Waals surface area contributed by atoms with E-state index in [9.17, 15) is 5.11 Å². The van der Waals surface area contributed by atoms with Crippen LogP contribution >= 0.6 is 0 Å². The Labute approximate surface area is 141 Å². The van der Waals surface area contributed by atoms with Gasteiger partial charge in [-0.05, 0) is 58.4 Å². The summed E-state index contributed by atoms with van der Waals surface area (Å²) in [4.78, 5) is 0. The highest BCUT2D eigenvalue weighted by Crippen LogP contribution is 2.34. The maximum Gasteiger partial charge on any atom is 0.0888 e. The number of hydrogen-bond donors (Lipinski definition) is 2. The first-order chi connectivity index (χ1) is 10.5. The fourth-order valence-corrected chi connectivity index (χ4v) is 2.63. The number of rotatable bonds is 8. The summed E-state index contributed by atoms with van der Waals surface area (Å²) in [6, 6.07) is 0. The molecule has 0 aliphatic rings. The van der Waals surface area contributed by atoms with Crippen molar-refractivity contribution in [2.75, 3.05) is 6.54 Å². The summed E-state index contributed by atoms with van der Waals surface area (Å²) in [5.41, 5.74) is 0.315. The van der Waals surface area contributed by atoms with Crippen LogP contribution in [0.15, 0.2) is 6.20 Å². The van der Waals surface area contributed by atoms with Crippen LogP contribution in [0.1, 0.15) is 73.4 Å². The highest BCUT2D eigenvalue weighted by Gasteiger charge is 2.39. The molecule has 0 spiro atoms. The van der Waals surface area contributed by atoms with Crippen molar-refractivity contribution in [3.63, 3.8) is 0 Å². The predicted molar refractivity (Wildman–Crippen MR) is 95.4 cm³/mol. The molecule has 0 bridgehead atoms. The zero-order valence-corrected chi connectivity index (χ0v) is 16.1. The monoisotopic (exact) mass is 324 g/mol. The average molecular weight is 325 g/mol. The molecule has 5 heteroatoms. The fourth-order valence-electron chi connectivity index (χ4n) is 2.63. The van der Waals surface area contributed by atoms with Crippen LogP contribution in [0.4, 0.5) is 0 Å². The van der Waals surface area contributed by atoms with Crippen LogP contribution in [0, 0.1) is 5.41 Å². The predicted octanol–water partition coefficient (Wildman–Crippen LogP) is 3.18. The Balaban J connectivity index is 2.57. The second-order valence-corrected chi connectivity index (χ2v) is 8.65. The molecular weight excluding hydrogens is 288 g/mol. The number of hydrogen-bond acceptors (Lipinski definition) is 4. The van der Waals surface area contributed by atoms with Gasteiger partial charge in [0.1, 0.15) is 0 Å². The van der Waals surface area contributed by atoms with E-state index in [2.05, 4.69) is 57.2 Å². The van der Waals surface area contributed by atoms with Crippen molar-refractivity contribution in [1.82, 2.24) is 20.3 Å². The van der Waals surface area contributed by atoms with Crippen molar-refractivity contribution in [2.45, 2.75) is 91.8 Å². The zero-order valence-electron chi connectivity index (χ0n) is 16.1. The fraction of sp³-hybridized carbons (Fsp3) is 0.889. The third-order valence-corrected chi connectivity index (χ3v) is 4.61. The molecule has 1 atom stereocenters. The van der Waals surface area contributed by atoms with E-state index < -0.39 is 5.60 Å². The Morgan fingerprint density at radius 2 is 1.78 bits per heavy atom. The number of aromatic nitrogens is 3. The normalized spacial score (nSPS) is 15.7. The van der Waals surface area contributed by atoms with E-state index >= 15 is 0 Å². The first-order valence-corrected chi connectivity index (χ1v) is 8.83. The summed E-state index contributed by atoms with van der Waals surface area (Å²) in [7, 11) is 0. The number of nitrogens with zero attached hydrogens (tertiary/aromatic N) is 3. The topological polar surface area (TPSA) is 63.0 Å². The van der Waals surface area contributed by atoms with Crippen LogP contribution in [0.2, 0.25) is 0 Å². The van der Waals surface area contributed by atoms with E-state index in [1.54, 1.807) is 0 Å². The van der Waals surface area contributed by atoms with Crippen molar-refractivity contribution in [3.8, 4) is 0 Å². The molecule has 1 rings (SSSR count). The molecule has 134 valence electrons. The van der Waals surface area contributed by atoms with Gasteiger partial charge in [0, 0.05) is 5.54 Å². The van der Waals surface area contributed by atoms with Gasteiger partial charge in [-0.15, -0.1) is 5.10 Å². The van der Waals surface area contributed by atoms with Gasteiger partial charge >= 0.3 is 0 Å². The molecular formula is C18H36N4O. The third kappa shape index (κ3) is 6.22. The lowest BCUT2D eigenvalue weighted by Gasteiger charge is -2.39. The van der Waals surface area contributed by atoms with Crippen molar-refractivity contribution in [2.24, 2.45) is 5.41 Å². The van der Waals surface area contributed by atoms with Gasteiger partial charge in [0.2, 0.25) is 0 Å². The van der Waals surface area contributed by atoms with E-state index in [0.29, 0.717) is 13.0 Å². The molecule has 0 saturated heterocycles. The SMILES string of the molecule is CCC(O)(Cn1nncc1CCCCNC(C)(C)C)C(C)(C)C. The number of unbranched alkanes of at least 4 members (excludes halogenated alkanes) is 1. The van der Waals surface area contributed by atoms with Crippen LogP contribution in [0.3, 0.4) is 0 Å². The Morgan fingerprint density at radius 1 is 1.13 bits per heavy atom. The lowest BCUT2D eigenvalue weighted by Crippen LogP contribution is -2.46. The van der Waals surface area contributed by atoms with Gasteiger partial charge in [-0.2, -0.15) is 0 Å². The van der Waals surface area contributed by atoms with E-state index in [1.807, 2.05) is 17.8 Å². The maximum absolute atomic E-state index is 11.0. The second kappa shape index (κ2) is 7.75. The summed E-state index contributed by atoms with van der Waals surface area (Å²) in [6.45, 7) is 16.3. The Morgan fingerprint density at radius 3 is 2.30 bits per heavy atom. The summed E-state index contributed by atoms with van der Waals surface area (Å²) in [5.74, 6) is 0. The molecule has 1 aromatic heterocycles. The highest BCUT2D eigenvalue weighted by molar-refractivity contribution is 4.98.